The van der Waals surface area contributed by atoms with E-state index < -0.39 is 0 Å². The van der Waals surface area contributed by atoms with Crippen molar-refractivity contribution in [1.29, 1.82) is 0 Å². The Bertz CT molecular complexity index is 446. The summed E-state index contributed by atoms with van der Waals surface area (Å²) in [5.41, 5.74) is 3.19. The SMILES string of the molecule is Cc1ccccc1-c1cccc(F)c1. The lowest BCUT2D eigenvalue weighted by atomic mass is 10.0. The van der Waals surface area contributed by atoms with Crippen LogP contribution in [0.4, 0.5) is 4.39 Å². The number of hydrogen-bond donors (Lipinski definition) is 0. The summed E-state index contributed by atoms with van der Waals surface area (Å²) >= 11 is 0. The molecule has 0 bridgehead atoms. The highest BCUT2D eigenvalue weighted by Crippen LogP contribution is 2.23. The number of halogens is 1. The summed E-state index contributed by atoms with van der Waals surface area (Å²) in [6, 6.07) is 14.7. The van der Waals surface area contributed by atoms with E-state index in [-0.39, 0.29) is 5.82 Å². The van der Waals surface area contributed by atoms with E-state index >= 15 is 0 Å². The second kappa shape index (κ2) is 3.62. The molecule has 0 nitrogen and oxygen atoms in total. The van der Waals surface area contributed by atoms with Gasteiger partial charge in [-0.25, -0.2) is 4.39 Å². The molecule has 0 aliphatic carbocycles. The highest BCUT2D eigenvalue weighted by atomic mass is 19.1. The van der Waals surface area contributed by atoms with Gasteiger partial charge in [0.2, 0.25) is 0 Å². The quantitative estimate of drug-likeness (QED) is 0.635. The molecule has 0 aliphatic heterocycles. The van der Waals surface area contributed by atoms with Gasteiger partial charge in [0.25, 0.3) is 0 Å². The molecule has 0 N–H and O–H groups in total. The van der Waals surface area contributed by atoms with Crippen LogP contribution in [0.1, 0.15) is 5.56 Å². The molecular formula is C13H11F. The smallest absolute Gasteiger partial charge is 0.123 e. The molecule has 0 radical (unpaired) electrons. The Labute approximate surface area is 83.0 Å². The summed E-state index contributed by atoms with van der Waals surface area (Å²) in [4.78, 5) is 0. The highest BCUT2D eigenvalue weighted by Gasteiger charge is 2.00. The van der Waals surface area contributed by atoms with Crippen LogP contribution in [0.25, 0.3) is 11.1 Å². The maximum atomic E-state index is 13.0. The first kappa shape index (κ1) is 8.95. The van der Waals surface area contributed by atoms with E-state index in [0.29, 0.717) is 0 Å². The van der Waals surface area contributed by atoms with E-state index in [4.69, 9.17) is 0 Å². The molecule has 1 heteroatoms. The molecule has 2 rings (SSSR count). The van der Waals surface area contributed by atoms with Gasteiger partial charge in [-0.15, -0.1) is 0 Å². The molecule has 0 saturated heterocycles. The van der Waals surface area contributed by atoms with Crippen molar-refractivity contribution in [2.75, 3.05) is 0 Å². The van der Waals surface area contributed by atoms with Crippen molar-refractivity contribution in [3.63, 3.8) is 0 Å². The fourth-order valence-electron chi connectivity index (χ4n) is 1.55. The first-order valence-electron chi connectivity index (χ1n) is 4.59. The third-order valence-corrected chi connectivity index (χ3v) is 2.28. The van der Waals surface area contributed by atoms with Crippen LogP contribution >= 0.6 is 0 Å². The van der Waals surface area contributed by atoms with Crippen molar-refractivity contribution >= 4 is 0 Å². The molecule has 0 spiro atoms. The molecule has 0 heterocycles. The van der Waals surface area contributed by atoms with Crippen LogP contribution in [0.2, 0.25) is 0 Å². The maximum absolute atomic E-state index is 13.0. The van der Waals surface area contributed by atoms with Crippen molar-refractivity contribution in [3.05, 3.63) is 59.9 Å². The first-order valence-corrected chi connectivity index (χ1v) is 4.59. The van der Waals surface area contributed by atoms with Gasteiger partial charge in [0.15, 0.2) is 0 Å². The Kier molecular flexibility index (Phi) is 2.32. The van der Waals surface area contributed by atoms with E-state index in [0.717, 1.165) is 16.7 Å². The fraction of sp³-hybridized carbons (Fsp3) is 0.0769. The minimum atomic E-state index is -0.189. The van der Waals surface area contributed by atoms with Crippen LogP contribution in [0.15, 0.2) is 48.5 Å². The van der Waals surface area contributed by atoms with Gasteiger partial charge in [-0.05, 0) is 35.7 Å². The Morgan fingerprint density at radius 1 is 0.929 bits per heavy atom. The van der Waals surface area contributed by atoms with Crippen LogP contribution < -0.4 is 0 Å². The lowest BCUT2D eigenvalue weighted by Gasteiger charge is -2.04. The molecule has 0 fully saturated rings. The van der Waals surface area contributed by atoms with Gasteiger partial charge in [0.05, 0.1) is 0 Å². The largest absolute Gasteiger partial charge is 0.207 e. The number of aryl methyl sites for hydroxylation is 1. The molecule has 0 amide bonds. The molecule has 2 aromatic carbocycles. The minimum absolute atomic E-state index is 0.189. The standard InChI is InChI=1S/C13H11F/c1-10-5-2-3-8-13(10)11-6-4-7-12(14)9-11/h2-9H,1H3. The van der Waals surface area contributed by atoms with E-state index in [9.17, 15) is 4.39 Å². The van der Waals surface area contributed by atoms with E-state index in [1.807, 2.05) is 37.3 Å². The summed E-state index contributed by atoms with van der Waals surface area (Å²) < 4.78 is 13.0. The zero-order chi connectivity index (χ0) is 9.97. The second-order valence-corrected chi connectivity index (χ2v) is 3.33. The Morgan fingerprint density at radius 2 is 1.71 bits per heavy atom. The predicted octanol–water partition coefficient (Wildman–Crippen LogP) is 3.80. The first-order chi connectivity index (χ1) is 6.77. The molecule has 0 atom stereocenters. The predicted molar refractivity (Wildman–Crippen MR) is 56.6 cm³/mol. The fourth-order valence-corrected chi connectivity index (χ4v) is 1.55. The zero-order valence-corrected chi connectivity index (χ0v) is 8.00. The van der Waals surface area contributed by atoms with Crippen molar-refractivity contribution in [2.24, 2.45) is 0 Å². The monoisotopic (exact) mass is 186 g/mol. The van der Waals surface area contributed by atoms with Crippen molar-refractivity contribution in [2.45, 2.75) is 6.92 Å². The molecule has 2 aromatic rings. The molecule has 0 saturated carbocycles. The summed E-state index contributed by atoms with van der Waals surface area (Å²) in [6.45, 7) is 2.03. The number of benzene rings is 2. The summed E-state index contributed by atoms with van der Waals surface area (Å²) in [7, 11) is 0. The van der Waals surface area contributed by atoms with Crippen LogP contribution in [-0.2, 0) is 0 Å². The van der Waals surface area contributed by atoms with Crippen LogP contribution in [0, 0.1) is 12.7 Å². The van der Waals surface area contributed by atoms with E-state index in [1.165, 1.54) is 6.07 Å². The van der Waals surface area contributed by atoms with Gasteiger partial charge >= 0.3 is 0 Å². The zero-order valence-electron chi connectivity index (χ0n) is 8.00. The topological polar surface area (TPSA) is 0 Å². The molecule has 70 valence electrons. The maximum Gasteiger partial charge on any atom is 0.123 e. The van der Waals surface area contributed by atoms with E-state index in [1.54, 1.807) is 12.1 Å². The highest BCUT2D eigenvalue weighted by molar-refractivity contribution is 5.66. The van der Waals surface area contributed by atoms with Crippen LogP contribution in [-0.4, -0.2) is 0 Å². The van der Waals surface area contributed by atoms with Crippen molar-refractivity contribution < 1.29 is 4.39 Å². The average molecular weight is 186 g/mol. The van der Waals surface area contributed by atoms with Gasteiger partial charge in [-0.3, -0.25) is 0 Å². The molecular weight excluding hydrogens is 175 g/mol. The normalized spacial score (nSPS) is 10.1. The van der Waals surface area contributed by atoms with Gasteiger partial charge in [-0.2, -0.15) is 0 Å². The van der Waals surface area contributed by atoms with Crippen molar-refractivity contribution in [3.8, 4) is 11.1 Å². The third kappa shape index (κ3) is 1.67. The number of rotatable bonds is 1. The third-order valence-electron chi connectivity index (χ3n) is 2.28. The second-order valence-electron chi connectivity index (χ2n) is 3.33. The summed E-state index contributed by atoms with van der Waals surface area (Å²) in [5, 5.41) is 0. The van der Waals surface area contributed by atoms with Gasteiger partial charge < -0.3 is 0 Å². The molecule has 14 heavy (non-hydrogen) atoms. The van der Waals surface area contributed by atoms with E-state index in [2.05, 4.69) is 0 Å². The summed E-state index contributed by atoms with van der Waals surface area (Å²) in [5.74, 6) is -0.189. The molecule has 0 unspecified atom stereocenters. The lowest BCUT2D eigenvalue weighted by Crippen LogP contribution is -1.83. The Hall–Kier alpha value is -1.63. The van der Waals surface area contributed by atoms with Crippen LogP contribution in [0.5, 0.6) is 0 Å². The van der Waals surface area contributed by atoms with Crippen molar-refractivity contribution in [1.82, 2.24) is 0 Å². The Morgan fingerprint density at radius 3 is 2.43 bits per heavy atom. The lowest BCUT2D eigenvalue weighted by molar-refractivity contribution is 0.628. The minimum Gasteiger partial charge on any atom is -0.207 e. The molecule has 0 aromatic heterocycles. The van der Waals surface area contributed by atoms with Gasteiger partial charge in [0, 0.05) is 0 Å². The Balaban J connectivity index is 2.55. The number of hydrogen-bond acceptors (Lipinski definition) is 0. The van der Waals surface area contributed by atoms with Gasteiger partial charge in [0.1, 0.15) is 5.82 Å². The average Bonchev–Trinajstić information content (AvgIpc) is 2.18. The summed E-state index contributed by atoms with van der Waals surface area (Å²) in [6.07, 6.45) is 0. The molecule has 0 aliphatic rings. The van der Waals surface area contributed by atoms with Crippen LogP contribution in [0.3, 0.4) is 0 Å². The van der Waals surface area contributed by atoms with Gasteiger partial charge in [-0.1, -0.05) is 36.4 Å².